The number of benzene rings is 2. The van der Waals surface area contributed by atoms with E-state index in [1.165, 1.54) is 24.3 Å². The summed E-state index contributed by atoms with van der Waals surface area (Å²) in [6, 6.07) is 13.2. The van der Waals surface area contributed by atoms with Crippen LogP contribution in [-0.4, -0.2) is 19.6 Å². The van der Waals surface area contributed by atoms with Crippen LogP contribution in [0.4, 0.5) is 4.39 Å². The van der Waals surface area contributed by atoms with Crippen LogP contribution in [0.3, 0.4) is 0 Å². The van der Waals surface area contributed by atoms with Gasteiger partial charge in [0.25, 0.3) is 0 Å². The van der Waals surface area contributed by atoms with Gasteiger partial charge in [0.1, 0.15) is 17.3 Å². The summed E-state index contributed by atoms with van der Waals surface area (Å²) in [6.07, 6.45) is 0.244. The molecule has 2 aromatic rings. The number of nitrogens with one attached hydrogen (secondary N) is 1. The fourth-order valence-corrected chi connectivity index (χ4v) is 1.82. The molecule has 1 amide bonds. The Morgan fingerprint density at radius 3 is 2.32 bits per heavy atom. The van der Waals surface area contributed by atoms with Gasteiger partial charge in [-0.15, -0.1) is 0 Å². The van der Waals surface area contributed by atoms with Crippen molar-refractivity contribution < 1.29 is 18.7 Å². The van der Waals surface area contributed by atoms with Gasteiger partial charge in [0.15, 0.2) is 0 Å². The van der Waals surface area contributed by atoms with Crippen LogP contribution in [0.25, 0.3) is 0 Å². The van der Waals surface area contributed by atoms with Crippen molar-refractivity contribution in [2.45, 2.75) is 13.0 Å². The third kappa shape index (κ3) is 5.09. The summed E-state index contributed by atoms with van der Waals surface area (Å²) >= 11 is 0. The predicted octanol–water partition coefficient (Wildman–Crippen LogP) is 2.92. The van der Waals surface area contributed by atoms with Crippen LogP contribution < -0.4 is 14.8 Å². The summed E-state index contributed by atoms with van der Waals surface area (Å²) in [5, 5.41) is 2.81. The molecule has 0 atom stereocenters. The first-order chi connectivity index (χ1) is 10.7. The Morgan fingerprint density at radius 1 is 1.05 bits per heavy atom. The van der Waals surface area contributed by atoms with E-state index < -0.39 is 0 Å². The minimum Gasteiger partial charge on any atom is -0.497 e. The zero-order valence-corrected chi connectivity index (χ0v) is 12.3. The minimum absolute atomic E-state index is 0.0991. The average molecular weight is 303 g/mol. The van der Waals surface area contributed by atoms with Gasteiger partial charge in [0.2, 0.25) is 5.91 Å². The maximum Gasteiger partial charge on any atom is 0.223 e. The largest absolute Gasteiger partial charge is 0.497 e. The van der Waals surface area contributed by atoms with Crippen LogP contribution in [0.2, 0.25) is 0 Å². The summed E-state index contributed by atoms with van der Waals surface area (Å²) in [7, 11) is 1.61. The molecule has 1 N–H and O–H groups in total. The van der Waals surface area contributed by atoms with Crippen molar-refractivity contribution in [1.29, 1.82) is 0 Å². The van der Waals surface area contributed by atoms with Crippen LogP contribution in [0.5, 0.6) is 11.5 Å². The van der Waals surface area contributed by atoms with E-state index in [1.54, 1.807) is 7.11 Å². The molecule has 0 aliphatic carbocycles. The minimum atomic E-state index is -0.315. The lowest BCUT2D eigenvalue weighted by atomic mass is 10.2. The molecule has 116 valence electrons. The fraction of sp³-hybridized carbons (Fsp3) is 0.235. The Labute approximate surface area is 128 Å². The first kappa shape index (κ1) is 15.8. The quantitative estimate of drug-likeness (QED) is 0.855. The van der Waals surface area contributed by atoms with E-state index >= 15 is 0 Å². The molecular formula is C17H18FNO3. The van der Waals surface area contributed by atoms with E-state index in [9.17, 15) is 9.18 Å². The number of carbonyl (C=O) groups is 1. The molecule has 0 saturated heterocycles. The molecule has 0 bridgehead atoms. The lowest BCUT2D eigenvalue weighted by Crippen LogP contribution is -2.24. The third-order valence-corrected chi connectivity index (χ3v) is 3.06. The van der Waals surface area contributed by atoms with Gasteiger partial charge in [-0.05, 0) is 42.0 Å². The molecule has 0 heterocycles. The van der Waals surface area contributed by atoms with E-state index in [-0.39, 0.29) is 24.8 Å². The highest BCUT2D eigenvalue weighted by molar-refractivity contribution is 5.76. The molecule has 0 aliphatic rings. The van der Waals surface area contributed by atoms with Gasteiger partial charge in [0.05, 0.1) is 20.1 Å². The van der Waals surface area contributed by atoms with Crippen molar-refractivity contribution in [3.05, 3.63) is 59.9 Å². The van der Waals surface area contributed by atoms with Crippen molar-refractivity contribution in [2.75, 3.05) is 13.7 Å². The number of rotatable bonds is 7. The van der Waals surface area contributed by atoms with Gasteiger partial charge in [-0.1, -0.05) is 12.1 Å². The summed E-state index contributed by atoms with van der Waals surface area (Å²) in [5.41, 5.74) is 0.994. The van der Waals surface area contributed by atoms with Crippen LogP contribution in [0.1, 0.15) is 12.0 Å². The Balaban J connectivity index is 1.68. The molecule has 0 fully saturated rings. The Morgan fingerprint density at radius 2 is 1.68 bits per heavy atom. The normalized spacial score (nSPS) is 10.1. The van der Waals surface area contributed by atoms with Crippen molar-refractivity contribution in [3.8, 4) is 11.5 Å². The molecule has 0 saturated carbocycles. The molecule has 2 aromatic carbocycles. The highest BCUT2D eigenvalue weighted by atomic mass is 19.1. The summed E-state index contributed by atoms with van der Waals surface area (Å²) in [5.74, 6) is 0.912. The zero-order valence-electron chi connectivity index (χ0n) is 12.3. The number of hydrogen-bond donors (Lipinski definition) is 1. The van der Waals surface area contributed by atoms with Crippen LogP contribution in [-0.2, 0) is 11.3 Å². The molecular weight excluding hydrogens is 285 g/mol. The number of ether oxygens (including phenoxy) is 2. The fourth-order valence-electron chi connectivity index (χ4n) is 1.82. The maximum atomic E-state index is 12.7. The van der Waals surface area contributed by atoms with Gasteiger partial charge in [-0.3, -0.25) is 4.79 Å². The standard InChI is InChI=1S/C17H18FNO3/c1-21-15-6-2-13(3-7-15)12-19-17(20)10-11-22-16-8-4-14(18)5-9-16/h2-9H,10-12H2,1H3,(H,19,20). The SMILES string of the molecule is COc1ccc(CNC(=O)CCOc2ccc(F)cc2)cc1. The van der Waals surface area contributed by atoms with Crippen molar-refractivity contribution in [2.24, 2.45) is 0 Å². The smallest absolute Gasteiger partial charge is 0.223 e. The van der Waals surface area contributed by atoms with Crippen molar-refractivity contribution in [1.82, 2.24) is 5.32 Å². The number of hydrogen-bond acceptors (Lipinski definition) is 3. The zero-order chi connectivity index (χ0) is 15.8. The molecule has 0 aromatic heterocycles. The molecule has 0 unspecified atom stereocenters. The summed E-state index contributed by atoms with van der Waals surface area (Å²) in [6.45, 7) is 0.708. The topological polar surface area (TPSA) is 47.6 Å². The number of methoxy groups -OCH3 is 1. The van der Waals surface area contributed by atoms with Gasteiger partial charge < -0.3 is 14.8 Å². The molecule has 22 heavy (non-hydrogen) atoms. The second-order valence-electron chi connectivity index (χ2n) is 4.68. The monoisotopic (exact) mass is 303 g/mol. The molecule has 0 radical (unpaired) electrons. The lowest BCUT2D eigenvalue weighted by Gasteiger charge is -2.08. The molecule has 0 aliphatic heterocycles. The van der Waals surface area contributed by atoms with Gasteiger partial charge in [0, 0.05) is 6.54 Å². The molecule has 5 heteroatoms. The predicted molar refractivity (Wildman–Crippen MR) is 81.4 cm³/mol. The molecule has 0 spiro atoms. The Kier molecular flexibility index (Phi) is 5.77. The van der Waals surface area contributed by atoms with Crippen molar-refractivity contribution >= 4 is 5.91 Å². The first-order valence-electron chi connectivity index (χ1n) is 6.95. The van der Waals surface area contributed by atoms with Crippen LogP contribution in [0, 0.1) is 5.82 Å². The second-order valence-corrected chi connectivity index (χ2v) is 4.68. The maximum absolute atomic E-state index is 12.7. The van der Waals surface area contributed by atoms with Crippen molar-refractivity contribution in [3.63, 3.8) is 0 Å². The molecule has 2 rings (SSSR count). The Bertz CT molecular complexity index is 596. The van der Waals surface area contributed by atoms with E-state index in [1.807, 2.05) is 24.3 Å². The average Bonchev–Trinajstić information content (AvgIpc) is 2.55. The number of amides is 1. The Hall–Kier alpha value is -2.56. The summed E-state index contributed by atoms with van der Waals surface area (Å²) in [4.78, 5) is 11.7. The van der Waals surface area contributed by atoms with E-state index in [2.05, 4.69) is 5.32 Å². The lowest BCUT2D eigenvalue weighted by molar-refractivity contribution is -0.121. The van der Waals surface area contributed by atoms with Crippen LogP contribution >= 0.6 is 0 Å². The van der Waals surface area contributed by atoms with Gasteiger partial charge >= 0.3 is 0 Å². The third-order valence-electron chi connectivity index (χ3n) is 3.06. The van der Waals surface area contributed by atoms with Gasteiger partial charge in [-0.2, -0.15) is 0 Å². The number of carbonyl (C=O) groups excluding carboxylic acids is 1. The van der Waals surface area contributed by atoms with Crippen LogP contribution in [0.15, 0.2) is 48.5 Å². The van der Waals surface area contributed by atoms with Gasteiger partial charge in [-0.25, -0.2) is 4.39 Å². The van der Waals surface area contributed by atoms with E-state index in [0.29, 0.717) is 12.3 Å². The van der Waals surface area contributed by atoms with E-state index in [4.69, 9.17) is 9.47 Å². The first-order valence-corrected chi connectivity index (χ1v) is 6.95. The molecule has 4 nitrogen and oxygen atoms in total. The second kappa shape index (κ2) is 8.02. The highest BCUT2D eigenvalue weighted by Gasteiger charge is 2.03. The number of halogens is 1. The summed E-state index contributed by atoms with van der Waals surface area (Å²) < 4.78 is 23.2. The highest BCUT2D eigenvalue weighted by Crippen LogP contribution is 2.12. The van der Waals surface area contributed by atoms with E-state index in [0.717, 1.165) is 11.3 Å².